The first-order valence-corrected chi connectivity index (χ1v) is 6.19. The first-order chi connectivity index (χ1) is 8.42. The van der Waals surface area contributed by atoms with Crippen molar-refractivity contribution in [2.45, 2.75) is 38.0 Å². The van der Waals surface area contributed by atoms with Gasteiger partial charge in [-0.1, -0.05) is 18.2 Å². The Balaban J connectivity index is 2.31. The van der Waals surface area contributed by atoms with Gasteiger partial charge in [0.25, 0.3) is 0 Å². The molecule has 0 bridgehead atoms. The van der Waals surface area contributed by atoms with Crippen LogP contribution in [0.1, 0.15) is 32.4 Å². The van der Waals surface area contributed by atoms with Gasteiger partial charge in [-0.05, 0) is 26.8 Å². The summed E-state index contributed by atoms with van der Waals surface area (Å²) >= 11 is 0. The fourth-order valence-electron chi connectivity index (χ4n) is 2.27. The molecule has 0 saturated heterocycles. The van der Waals surface area contributed by atoms with E-state index >= 15 is 0 Å². The number of fused-ring (bicyclic) bond motifs is 1. The van der Waals surface area contributed by atoms with Crippen LogP contribution in [-0.2, 0) is 0 Å². The Morgan fingerprint density at radius 1 is 1.28 bits per heavy atom. The van der Waals surface area contributed by atoms with Gasteiger partial charge in [0, 0.05) is 5.56 Å². The van der Waals surface area contributed by atoms with Gasteiger partial charge in [-0.2, -0.15) is 0 Å². The molecule has 4 heteroatoms. The molecule has 1 atom stereocenters. The molecule has 0 amide bonds. The highest BCUT2D eigenvalue weighted by Crippen LogP contribution is 2.43. The second-order valence-electron chi connectivity index (χ2n) is 5.70. The summed E-state index contributed by atoms with van der Waals surface area (Å²) in [6.07, 6.45) is 0. The molecule has 1 aliphatic rings. The third-order valence-corrected chi connectivity index (χ3v) is 3.49. The van der Waals surface area contributed by atoms with Crippen molar-refractivity contribution >= 4 is 0 Å². The van der Waals surface area contributed by atoms with Crippen molar-refractivity contribution in [3.8, 4) is 5.75 Å². The lowest BCUT2D eigenvalue weighted by molar-refractivity contribution is 0.0441. The van der Waals surface area contributed by atoms with Gasteiger partial charge >= 0.3 is 0 Å². The predicted molar refractivity (Wildman–Crippen MR) is 69.6 cm³/mol. The Kier molecular flexibility index (Phi) is 3.36. The SMILES string of the molecule is CC(CO)(CO)NC1c2ccccc2OC1(C)C. The maximum absolute atomic E-state index is 9.40. The summed E-state index contributed by atoms with van der Waals surface area (Å²) in [7, 11) is 0. The lowest BCUT2D eigenvalue weighted by Gasteiger charge is -2.35. The van der Waals surface area contributed by atoms with Gasteiger partial charge in [0.2, 0.25) is 0 Å². The molecule has 1 aromatic rings. The van der Waals surface area contributed by atoms with Crippen LogP contribution in [-0.4, -0.2) is 34.6 Å². The number of benzene rings is 1. The molecule has 3 N–H and O–H groups in total. The minimum absolute atomic E-state index is 0.0574. The van der Waals surface area contributed by atoms with Crippen LogP contribution >= 0.6 is 0 Å². The molecular formula is C14H21NO3. The van der Waals surface area contributed by atoms with Gasteiger partial charge in [0.05, 0.1) is 24.8 Å². The smallest absolute Gasteiger partial charge is 0.125 e. The fourth-order valence-corrected chi connectivity index (χ4v) is 2.27. The van der Waals surface area contributed by atoms with Gasteiger partial charge < -0.3 is 14.9 Å². The Labute approximate surface area is 108 Å². The second kappa shape index (κ2) is 4.53. The molecule has 0 saturated carbocycles. The molecule has 2 rings (SSSR count). The highest BCUT2D eigenvalue weighted by atomic mass is 16.5. The molecule has 0 aromatic heterocycles. The first-order valence-electron chi connectivity index (χ1n) is 6.19. The van der Waals surface area contributed by atoms with Crippen molar-refractivity contribution in [3.05, 3.63) is 29.8 Å². The van der Waals surface area contributed by atoms with E-state index in [0.717, 1.165) is 11.3 Å². The summed E-state index contributed by atoms with van der Waals surface area (Å²) in [5.74, 6) is 0.859. The van der Waals surface area contributed by atoms with Gasteiger partial charge in [-0.3, -0.25) is 5.32 Å². The van der Waals surface area contributed by atoms with E-state index in [2.05, 4.69) is 5.32 Å². The van der Waals surface area contributed by atoms with E-state index in [1.807, 2.05) is 38.1 Å². The molecule has 0 radical (unpaired) electrons. The van der Waals surface area contributed by atoms with Crippen molar-refractivity contribution in [2.24, 2.45) is 0 Å². The van der Waals surface area contributed by atoms with Crippen molar-refractivity contribution in [3.63, 3.8) is 0 Å². The standard InChI is InChI=1S/C14H21NO3/c1-13(2)12(15-14(3,8-16)9-17)10-6-4-5-7-11(10)18-13/h4-7,12,15-17H,8-9H2,1-3H3. The van der Waals surface area contributed by atoms with Crippen LogP contribution in [0.4, 0.5) is 0 Å². The van der Waals surface area contributed by atoms with Crippen molar-refractivity contribution in [1.82, 2.24) is 5.32 Å². The lowest BCUT2D eigenvalue weighted by atomic mass is 9.91. The number of hydrogen-bond acceptors (Lipinski definition) is 4. The second-order valence-corrected chi connectivity index (χ2v) is 5.70. The number of nitrogens with one attached hydrogen (secondary N) is 1. The Morgan fingerprint density at radius 2 is 1.89 bits per heavy atom. The van der Waals surface area contributed by atoms with Crippen LogP contribution in [0.5, 0.6) is 5.75 Å². The average Bonchev–Trinajstić information content (AvgIpc) is 2.60. The van der Waals surface area contributed by atoms with E-state index in [9.17, 15) is 10.2 Å². The molecule has 18 heavy (non-hydrogen) atoms. The van der Waals surface area contributed by atoms with Crippen LogP contribution in [0, 0.1) is 0 Å². The summed E-state index contributed by atoms with van der Waals surface area (Å²) in [6, 6.07) is 7.80. The number of rotatable bonds is 4. The highest BCUT2D eigenvalue weighted by molar-refractivity contribution is 5.42. The first kappa shape index (κ1) is 13.3. The zero-order valence-corrected chi connectivity index (χ0v) is 11.1. The largest absolute Gasteiger partial charge is 0.486 e. The van der Waals surface area contributed by atoms with E-state index in [1.54, 1.807) is 6.92 Å². The van der Waals surface area contributed by atoms with E-state index in [1.165, 1.54) is 0 Å². The molecule has 0 fully saturated rings. The normalized spacial score (nSPS) is 21.5. The van der Waals surface area contributed by atoms with Gasteiger partial charge in [0.1, 0.15) is 11.4 Å². The maximum Gasteiger partial charge on any atom is 0.125 e. The lowest BCUT2D eigenvalue weighted by Crippen LogP contribution is -2.54. The number of aliphatic hydroxyl groups is 2. The molecule has 1 aromatic carbocycles. The zero-order chi connectivity index (χ0) is 13.4. The molecule has 1 heterocycles. The summed E-state index contributed by atoms with van der Waals surface area (Å²) in [4.78, 5) is 0. The predicted octanol–water partition coefficient (Wildman–Crippen LogP) is 1.23. The molecule has 4 nitrogen and oxygen atoms in total. The van der Waals surface area contributed by atoms with Gasteiger partial charge in [-0.15, -0.1) is 0 Å². The molecule has 100 valence electrons. The van der Waals surface area contributed by atoms with Crippen LogP contribution in [0.15, 0.2) is 24.3 Å². The van der Waals surface area contributed by atoms with Gasteiger partial charge in [0.15, 0.2) is 0 Å². The fraction of sp³-hybridized carbons (Fsp3) is 0.571. The van der Waals surface area contributed by atoms with Crippen LogP contribution in [0.2, 0.25) is 0 Å². The minimum Gasteiger partial charge on any atom is -0.486 e. The number of para-hydroxylation sites is 1. The summed E-state index contributed by atoms with van der Waals surface area (Å²) < 4.78 is 5.92. The minimum atomic E-state index is -0.719. The van der Waals surface area contributed by atoms with Crippen molar-refractivity contribution < 1.29 is 14.9 Å². The van der Waals surface area contributed by atoms with Crippen LogP contribution in [0.3, 0.4) is 0 Å². The molecule has 1 aliphatic heterocycles. The molecule has 0 spiro atoms. The molecule has 0 aliphatic carbocycles. The Hall–Kier alpha value is -1.10. The van der Waals surface area contributed by atoms with Gasteiger partial charge in [-0.25, -0.2) is 0 Å². The topological polar surface area (TPSA) is 61.7 Å². The third-order valence-electron chi connectivity index (χ3n) is 3.49. The summed E-state index contributed by atoms with van der Waals surface area (Å²) in [5.41, 5.74) is -0.0616. The zero-order valence-electron chi connectivity index (χ0n) is 11.1. The van der Waals surface area contributed by atoms with E-state index in [4.69, 9.17) is 4.74 Å². The quantitative estimate of drug-likeness (QED) is 0.753. The number of hydrogen-bond donors (Lipinski definition) is 3. The number of ether oxygens (including phenoxy) is 1. The Bertz CT molecular complexity index is 427. The highest BCUT2D eigenvalue weighted by Gasteiger charge is 2.43. The Morgan fingerprint density at radius 3 is 2.50 bits per heavy atom. The third kappa shape index (κ3) is 2.23. The van der Waals surface area contributed by atoms with Crippen LogP contribution < -0.4 is 10.1 Å². The van der Waals surface area contributed by atoms with E-state index in [0.29, 0.717) is 0 Å². The maximum atomic E-state index is 9.40. The number of aliphatic hydroxyl groups excluding tert-OH is 2. The monoisotopic (exact) mass is 251 g/mol. The summed E-state index contributed by atoms with van der Waals surface area (Å²) in [6.45, 7) is 5.54. The van der Waals surface area contributed by atoms with Crippen LogP contribution in [0.25, 0.3) is 0 Å². The average molecular weight is 251 g/mol. The van der Waals surface area contributed by atoms with E-state index < -0.39 is 11.1 Å². The molecular weight excluding hydrogens is 230 g/mol. The molecule has 1 unspecified atom stereocenters. The van der Waals surface area contributed by atoms with E-state index in [-0.39, 0.29) is 19.3 Å². The van der Waals surface area contributed by atoms with Crippen molar-refractivity contribution in [2.75, 3.05) is 13.2 Å². The van der Waals surface area contributed by atoms with Crippen molar-refractivity contribution in [1.29, 1.82) is 0 Å². The summed E-state index contributed by atoms with van der Waals surface area (Å²) in [5, 5.41) is 22.1.